The van der Waals surface area contributed by atoms with Gasteiger partial charge in [-0.15, -0.1) is 0 Å². The Balaban J connectivity index is 1.30. The van der Waals surface area contributed by atoms with E-state index in [0.29, 0.717) is 40.8 Å². The fraction of sp³-hybridized carbons (Fsp3) is 0.148. The van der Waals surface area contributed by atoms with Gasteiger partial charge in [0.2, 0.25) is 4.96 Å². The fourth-order valence-corrected chi connectivity index (χ4v) is 4.79. The van der Waals surface area contributed by atoms with Gasteiger partial charge in [-0.1, -0.05) is 36.5 Å². The molecule has 0 amide bonds. The summed E-state index contributed by atoms with van der Waals surface area (Å²) < 4.78 is 32.9. The molecular weight excluding hydrogens is 479 g/mol. The fourth-order valence-electron chi connectivity index (χ4n) is 3.98. The van der Waals surface area contributed by atoms with Gasteiger partial charge in [0.1, 0.15) is 40.2 Å². The van der Waals surface area contributed by atoms with E-state index in [1.54, 1.807) is 29.0 Å². The van der Waals surface area contributed by atoms with Crippen LogP contribution in [0.5, 0.6) is 11.5 Å². The van der Waals surface area contributed by atoms with Crippen LogP contribution in [-0.2, 0) is 13.0 Å². The smallest absolute Gasteiger partial charge is 0.212 e. The summed E-state index contributed by atoms with van der Waals surface area (Å²) in [6, 6.07) is 16.5. The van der Waals surface area contributed by atoms with E-state index in [-0.39, 0.29) is 5.82 Å². The summed E-state index contributed by atoms with van der Waals surface area (Å²) in [5, 5.41) is 6.39. The summed E-state index contributed by atoms with van der Waals surface area (Å²) in [6.45, 7) is 2.39. The Morgan fingerprint density at radius 2 is 2.00 bits per heavy atom. The quantitative estimate of drug-likeness (QED) is 0.247. The second-order valence-corrected chi connectivity index (χ2v) is 9.24. The lowest BCUT2D eigenvalue weighted by atomic mass is 10.1. The van der Waals surface area contributed by atoms with Crippen LogP contribution in [0.2, 0.25) is 0 Å². The molecule has 0 aliphatic heterocycles. The van der Waals surface area contributed by atoms with Crippen molar-refractivity contribution in [1.82, 2.24) is 19.6 Å². The normalized spacial score (nSPS) is 11.4. The van der Waals surface area contributed by atoms with Crippen molar-refractivity contribution in [3.05, 3.63) is 83.4 Å². The third-order valence-corrected chi connectivity index (χ3v) is 6.86. The Morgan fingerprint density at radius 3 is 2.78 bits per heavy atom. The zero-order valence-electron chi connectivity index (χ0n) is 19.6. The predicted octanol–water partition coefficient (Wildman–Crippen LogP) is 6.56. The standard InChI is InChI=1S/C27H21FN4O3S/c1-3-26-31-32-14-22(30-27(32)36-26)25-12-20-23(10-19(33-2)11-24(20)35-25)34-15-16-5-4-6-17(9-16)21-8-7-18(28)13-29-21/h4-14H,3,15H2,1-2H3. The van der Waals surface area contributed by atoms with Crippen LogP contribution in [0.4, 0.5) is 4.39 Å². The number of methoxy groups -OCH3 is 1. The summed E-state index contributed by atoms with van der Waals surface area (Å²) in [5.74, 6) is 1.53. The molecule has 4 aromatic heterocycles. The molecule has 4 heterocycles. The van der Waals surface area contributed by atoms with Gasteiger partial charge in [0, 0.05) is 17.7 Å². The van der Waals surface area contributed by atoms with E-state index in [1.807, 2.05) is 48.7 Å². The number of pyridine rings is 1. The number of ether oxygens (including phenoxy) is 2. The lowest BCUT2D eigenvalue weighted by Gasteiger charge is -2.10. The molecule has 2 aromatic carbocycles. The molecule has 0 aliphatic rings. The van der Waals surface area contributed by atoms with Crippen LogP contribution < -0.4 is 9.47 Å². The van der Waals surface area contributed by atoms with Gasteiger partial charge in [-0.2, -0.15) is 5.10 Å². The van der Waals surface area contributed by atoms with Crippen molar-refractivity contribution < 1.29 is 18.3 Å². The first-order valence-corrected chi connectivity index (χ1v) is 12.2. The van der Waals surface area contributed by atoms with Crippen molar-refractivity contribution >= 4 is 27.3 Å². The van der Waals surface area contributed by atoms with E-state index in [0.717, 1.165) is 32.9 Å². The molecule has 0 saturated heterocycles. The average Bonchev–Trinajstić information content (AvgIpc) is 3.60. The minimum Gasteiger partial charge on any atom is -0.496 e. The Hall–Kier alpha value is -4.24. The highest BCUT2D eigenvalue weighted by Gasteiger charge is 2.17. The summed E-state index contributed by atoms with van der Waals surface area (Å²) in [6.07, 6.45) is 3.96. The lowest BCUT2D eigenvalue weighted by Crippen LogP contribution is -1.97. The molecule has 36 heavy (non-hydrogen) atoms. The van der Waals surface area contributed by atoms with E-state index in [9.17, 15) is 4.39 Å². The van der Waals surface area contributed by atoms with Gasteiger partial charge in [-0.05, 0) is 36.2 Å². The van der Waals surface area contributed by atoms with E-state index < -0.39 is 0 Å². The minimum absolute atomic E-state index is 0.321. The maximum absolute atomic E-state index is 13.2. The van der Waals surface area contributed by atoms with Gasteiger partial charge >= 0.3 is 0 Å². The van der Waals surface area contributed by atoms with Gasteiger partial charge < -0.3 is 13.9 Å². The second-order valence-electron chi connectivity index (χ2n) is 8.20. The Kier molecular flexibility index (Phi) is 5.61. The first kappa shape index (κ1) is 22.2. The van der Waals surface area contributed by atoms with Crippen LogP contribution in [0, 0.1) is 5.82 Å². The SMILES string of the molecule is CCc1nn2cc(-c3cc4c(OCc5cccc(-c6ccc(F)cn6)c5)cc(OC)cc4o3)nc2s1. The van der Waals surface area contributed by atoms with Crippen molar-refractivity contribution in [1.29, 1.82) is 0 Å². The molecule has 6 aromatic rings. The Morgan fingerprint density at radius 1 is 1.08 bits per heavy atom. The summed E-state index contributed by atoms with van der Waals surface area (Å²) in [7, 11) is 1.61. The Bertz CT molecular complexity index is 1660. The molecule has 0 aliphatic carbocycles. The van der Waals surface area contributed by atoms with Crippen molar-refractivity contribution in [2.24, 2.45) is 0 Å². The van der Waals surface area contributed by atoms with E-state index >= 15 is 0 Å². The molecule has 6 rings (SSSR count). The number of aryl methyl sites for hydroxylation is 1. The number of rotatable bonds is 7. The van der Waals surface area contributed by atoms with Crippen LogP contribution in [0.15, 0.2) is 71.4 Å². The molecule has 0 spiro atoms. The van der Waals surface area contributed by atoms with Gasteiger partial charge in [0.05, 0.1) is 30.6 Å². The topological polar surface area (TPSA) is 74.7 Å². The molecule has 0 unspecified atom stereocenters. The van der Waals surface area contributed by atoms with Crippen LogP contribution in [-0.4, -0.2) is 26.7 Å². The highest BCUT2D eigenvalue weighted by molar-refractivity contribution is 7.16. The number of furan rings is 1. The van der Waals surface area contributed by atoms with E-state index in [1.165, 1.54) is 12.3 Å². The van der Waals surface area contributed by atoms with Gasteiger partial charge in [-0.3, -0.25) is 4.98 Å². The first-order chi connectivity index (χ1) is 17.6. The first-order valence-electron chi connectivity index (χ1n) is 11.4. The van der Waals surface area contributed by atoms with E-state index in [4.69, 9.17) is 13.9 Å². The molecule has 7 nitrogen and oxygen atoms in total. The van der Waals surface area contributed by atoms with Gasteiger partial charge in [-0.25, -0.2) is 13.9 Å². The molecule has 0 fully saturated rings. The van der Waals surface area contributed by atoms with Crippen molar-refractivity contribution in [2.45, 2.75) is 20.0 Å². The minimum atomic E-state index is -0.364. The Labute approximate surface area is 209 Å². The monoisotopic (exact) mass is 500 g/mol. The van der Waals surface area contributed by atoms with Gasteiger partial charge in [0.25, 0.3) is 0 Å². The molecule has 9 heteroatoms. The van der Waals surface area contributed by atoms with Gasteiger partial charge in [0.15, 0.2) is 5.76 Å². The maximum atomic E-state index is 13.2. The third kappa shape index (κ3) is 4.18. The number of aromatic nitrogens is 4. The largest absolute Gasteiger partial charge is 0.496 e. The zero-order valence-corrected chi connectivity index (χ0v) is 20.4. The molecule has 180 valence electrons. The van der Waals surface area contributed by atoms with Crippen LogP contribution in [0.3, 0.4) is 0 Å². The van der Waals surface area contributed by atoms with Crippen molar-refractivity contribution in [3.63, 3.8) is 0 Å². The number of nitrogens with zero attached hydrogens (tertiary/aromatic N) is 4. The van der Waals surface area contributed by atoms with Crippen LogP contribution in [0.1, 0.15) is 17.5 Å². The zero-order chi connectivity index (χ0) is 24.6. The molecule has 0 atom stereocenters. The highest BCUT2D eigenvalue weighted by atomic mass is 32.1. The molecule has 0 saturated carbocycles. The second kappa shape index (κ2) is 9.09. The number of hydrogen-bond acceptors (Lipinski definition) is 7. The number of hydrogen-bond donors (Lipinski definition) is 0. The molecular formula is C27H21FN4O3S. The summed E-state index contributed by atoms with van der Waals surface area (Å²) in [4.78, 5) is 9.67. The highest BCUT2D eigenvalue weighted by Crippen LogP contribution is 2.37. The lowest BCUT2D eigenvalue weighted by molar-refractivity contribution is 0.307. The molecule has 0 N–H and O–H groups in total. The molecule has 0 radical (unpaired) electrons. The maximum Gasteiger partial charge on any atom is 0.212 e. The number of halogens is 1. The molecule has 0 bridgehead atoms. The summed E-state index contributed by atoms with van der Waals surface area (Å²) in [5.41, 5.74) is 3.88. The average molecular weight is 501 g/mol. The summed E-state index contributed by atoms with van der Waals surface area (Å²) >= 11 is 1.57. The predicted molar refractivity (Wildman–Crippen MR) is 136 cm³/mol. The number of benzene rings is 2. The number of imidazole rings is 1. The van der Waals surface area contributed by atoms with Crippen LogP contribution in [0.25, 0.3) is 38.6 Å². The van der Waals surface area contributed by atoms with Crippen molar-refractivity contribution in [2.75, 3.05) is 7.11 Å². The van der Waals surface area contributed by atoms with Crippen molar-refractivity contribution in [3.8, 4) is 34.2 Å². The number of fused-ring (bicyclic) bond motifs is 2. The van der Waals surface area contributed by atoms with Crippen LogP contribution >= 0.6 is 11.3 Å². The third-order valence-electron chi connectivity index (χ3n) is 5.79. The van der Waals surface area contributed by atoms with E-state index in [2.05, 4.69) is 22.0 Å².